The van der Waals surface area contributed by atoms with Gasteiger partial charge in [0.1, 0.15) is 5.82 Å². The Morgan fingerprint density at radius 2 is 1.81 bits per heavy atom. The standard InChI is InChI=1S/C20H24FN3O2S/c21-18-5-7-19(8-6-18)27(25,26)24-12-2-11-23(13-14-24)15-17-4-1-3-16-9-10-22-20(16)17/h1,3-8,22H,2,9-15H2. The molecule has 0 bridgehead atoms. The van der Waals surface area contributed by atoms with Crippen molar-refractivity contribution in [1.29, 1.82) is 0 Å². The Balaban J connectivity index is 1.45. The first-order valence-electron chi connectivity index (χ1n) is 9.37. The highest BCUT2D eigenvalue weighted by Crippen LogP contribution is 2.28. The van der Waals surface area contributed by atoms with E-state index in [1.807, 2.05) is 0 Å². The maximum Gasteiger partial charge on any atom is 0.243 e. The monoisotopic (exact) mass is 389 g/mol. The fourth-order valence-corrected chi connectivity index (χ4v) is 5.35. The molecule has 0 aliphatic carbocycles. The maximum atomic E-state index is 13.1. The molecule has 0 atom stereocenters. The van der Waals surface area contributed by atoms with E-state index >= 15 is 0 Å². The Morgan fingerprint density at radius 3 is 2.63 bits per heavy atom. The van der Waals surface area contributed by atoms with E-state index < -0.39 is 15.8 Å². The lowest BCUT2D eigenvalue weighted by molar-refractivity contribution is 0.279. The molecule has 1 N–H and O–H groups in total. The zero-order valence-electron chi connectivity index (χ0n) is 15.2. The van der Waals surface area contributed by atoms with E-state index in [-0.39, 0.29) is 4.90 Å². The second-order valence-corrected chi connectivity index (χ2v) is 9.05. The summed E-state index contributed by atoms with van der Waals surface area (Å²) in [6, 6.07) is 11.5. The number of halogens is 1. The molecule has 1 saturated heterocycles. The first kappa shape index (κ1) is 18.4. The molecular weight excluding hydrogens is 365 g/mol. The van der Waals surface area contributed by atoms with Crippen molar-refractivity contribution in [2.75, 3.05) is 38.0 Å². The Bertz CT molecular complexity index is 915. The minimum absolute atomic E-state index is 0.155. The van der Waals surface area contributed by atoms with Crippen LogP contribution in [0.4, 0.5) is 10.1 Å². The van der Waals surface area contributed by atoms with E-state index in [9.17, 15) is 12.8 Å². The summed E-state index contributed by atoms with van der Waals surface area (Å²) in [6.07, 6.45) is 1.84. The third kappa shape index (κ3) is 3.85. The van der Waals surface area contributed by atoms with E-state index in [4.69, 9.17) is 0 Å². The second-order valence-electron chi connectivity index (χ2n) is 7.12. The molecule has 0 spiro atoms. The van der Waals surface area contributed by atoms with E-state index in [1.165, 1.54) is 45.4 Å². The van der Waals surface area contributed by atoms with Crippen molar-refractivity contribution in [1.82, 2.24) is 9.21 Å². The summed E-state index contributed by atoms with van der Waals surface area (Å²) in [5.74, 6) is -0.431. The van der Waals surface area contributed by atoms with Gasteiger partial charge in [-0.1, -0.05) is 18.2 Å². The summed E-state index contributed by atoms with van der Waals surface area (Å²) in [4.78, 5) is 2.47. The quantitative estimate of drug-likeness (QED) is 0.874. The summed E-state index contributed by atoms with van der Waals surface area (Å²) in [6.45, 7) is 4.28. The van der Waals surface area contributed by atoms with Crippen LogP contribution < -0.4 is 5.32 Å². The average molecular weight is 389 g/mol. The third-order valence-electron chi connectivity index (χ3n) is 5.33. The number of hydrogen-bond donors (Lipinski definition) is 1. The number of sulfonamides is 1. The average Bonchev–Trinajstić information content (AvgIpc) is 3.02. The fraction of sp³-hybridized carbons (Fsp3) is 0.400. The lowest BCUT2D eigenvalue weighted by Gasteiger charge is -2.22. The van der Waals surface area contributed by atoms with Gasteiger partial charge in [-0.2, -0.15) is 4.31 Å². The molecule has 2 heterocycles. The van der Waals surface area contributed by atoms with Gasteiger partial charge in [0.15, 0.2) is 0 Å². The highest BCUT2D eigenvalue weighted by Gasteiger charge is 2.27. The molecule has 27 heavy (non-hydrogen) atoms. The van der Waals surface area contributed by atoms with Gasteiger partial charge in [0.05, 0.1) is 4.90 Å². The summed E-state index contributed by atoms with van der Waals surface area (Å²) in [7, 11) is -3.58. The molecule has 7 heteroatoms. The number of fused-ring (bicyclic) bond motifs is 1. The molecule has 0 radical (unpaired) electrons. The molecule has 2 aliphatic rings. The number of hydrogen-bond acceptors (Lipinski definition) is 4. The summed E-state index contributed by atoms with van der Waals surface area (Å²) >= 11 is 0. The number of nitrogens with one attached hydrogen (secondary N) is 1. The largest absolute Gasteiger partial charge is 0.384 e. The normalized spacial score (nSPS) is 18.7. The van der Waals surface area contributed by atoms with Gasteiger partial charge in [0, 0.05) is 38.4 Å². The summed E-state index contributed by atoms with van der Waals surface area (Å²) in [5.41, 5.74) is 3.89. The van der Waals surface area contributed by atoms with Gasteiger partial charge >= 0.3 is 0 Å². The minimum atomic E-state index is -3.58. The van der Waals surface area contributed by atoms with Crippen LogP contribution in [0.3, 0.4) is 0 Å². The smallest absolute Gasteiger partial charge is 0.243 e. The van der Waals surface area contributed by atoms with Crippen molar-refractivity contribution >= 4 is 15.7 Å². The summed E-state index contributed by atoms with van der Waals surface area (Å²) in [5, 5.41) is 3.47. The van der Waals surface area contributed by atoms with Crippen LogP contribution in [0, 0.1) is 5.82 Å². The molecule has 2 aromatic carbocycles. The predicted molar refractivity (Wildman–Crippen MR) is 104 cm³/mol. The van der Waals surface area contributed by atoms with Crippen LogP contribution >= 0.6 is 0 Å². The van der Waals surface area contributed by atoms with E-state index in [2.05, 4.69) is 28.4 Å². The van der Waals surface area contributed by atoms with Crippen LogP contribution in [-0.4, -0.2) is 50.3 Å². The molecule has 2 aromatic rings. The predicted octanol–water partition coefficient (Wildman–Crippen LogP) is 2.69. The Hall–Kier alpha value is -1.96. The van der Waals surface area contributed by atoms with Gasteiger partial charge in [0.2, 0.25) is 10.0 Å². The molecule has 0 amide bonds. The van der Waals surface area contributed by atoms with E-state index in [1.54, 1.807) is 0 Å². The zero-order valence-corrected chi connectivity index (χ0v) is 16.0. The topological polar surface area (TPSA) is 52.7 Å². The van der Waals surface area contributed by atoms with Crippen molar-refractivity contribution in [2.45, 2.75) is 24.3 Å². The van der Waals surface area contributed by atoms with E-state index in [0.29, 0.717) is 19.6 Å². The SMILES string of the molecule is O=S(=O)(c1ccc(F)cc1)N1CCCN(Cc2cccc3c2NCC3)CC1. The number of rotatable bonds is 4. The van der Waals surface area contributed by atoms with Crippen LogP contribution in [0.2, 0.25) is 0 Å². The number of nitrogens with zero attached hydrogens (tertiary/aromatic N) is 2. The zero-order chi connectivity index (χ0) is 18.9. The molecule has 5 nitrogen and oxygen atoms in total. The highest BCUT2D eigenvalue weighted by molar-refractivity contribution is 7.89. The van der Waals surface area contributed by atoms with Gasteiger partial charge < -0.3 is 5.32 Å². The van der Waals surface area contributed by atoms with Crippen LogP contribution in [-0.2, 0) is 23.0 Å². The molecule has 4 rings (SSSR count). The van der Waals surface area contributed by atoms with Gasteiger partial charge in [-0.25, -0.2) is 12.8 Å². The lowest BCUT2D eigenvalue weighted by Crippen LogP contribution is -2.35. The number of anilines is 1. The van der Waals surface area contributed by atoms with Crippen molar-refractivity contribution in [2.24, 2.45) is 0 Å². The molecule has 0 unspecified atom stereocenters. The molecule has 0 saturated carbocycles. The molecule has 1 fully saturated rings. The Morgan fingerprint density at radius 1 is 1.00 bits per heavy atom. The molecule has 0 aromatic heterocycles. The highest BCUT2D eigenvalue weighted by atomic mass is 32.2. The van der Waals surface area contributed by atoms with Crippen molar-refractivity contribution in [3.05, 3.63) is 59.4 Å². The van der Waals surface area contributed by atoms with Crippen LogP contribution in [0.5, 0.6) is 0 Å². The third-order valence-corrected chi connectivity index (χ3v) is 7.24. The van der Waals surface area contributed by atoms with Crippen molar-refractivity contribution in [3.8, 4) is 0 Å². The molecule has 144 valence electrons. The number of para-hydroxylation sites is 1. The van der Waals surface area contributed by atoms with Crippen molar-refractivity contribution in [3.63, 3.8) is 0 Å². The van der Waals surface area contributed by atoms with Gasteiger partial charge in [-0.3, -0.25) is 4.90 Å². The number of benzene rings is 2. The Kier molecular flexibility index (Phi) is 5.16. The molecular formula is C20H24FN3O2S. The maximum absolute atomic E-state index is 13.1. The van der Waals surface area contributed by atoms with Gasteiger partial charge in [0.25, 0.3) is 0 Å². The van der Waals surface area contributed by atoms with Gasteiger partial charge in [-0.05, 0) is 54.8 Å². The summed E-state index contributed by atoms with van der Waals surface area (Å²) < 4.78 is 40.3. The first-order valence-corrected chi connectivity index (χ1v) is 10.8. The van der Waals surface area contributed by atoms with Gasteiger partial charge in [-0.15, -0.1) is 0 Å². The first-order chi connectivity index (χ1) is 13.0. The van der Waals surface area contributed by atoms with Crippen LogP contribution in [0.15, 0.2) is 47.4 Å². The van der Waals surface area contributed by atoms with Crippen molar-refractivity contribution < 1.29 is 12.8 Å². The van der Waals surface area contributed by atoms with Crippen LogP contribution in [0.25, 0.3) is 0 Å². The Labute approximate surface area is 159 Å². The van der Waals surface area contributed by atoms with E-state index in [0.717, 1.165) is 32.5 Å². The lowest BCUT2D eigenvalue weighted by atomic mass is 10.1. The fourth-order valence-electron chi connectivity index (χ4n) is 3.88. The van der Waals surface area contributed by atoms with Crippen LogP contribution in [0.1, 0.15) is 17.5 Å². The minimum Gasteiger partial charge on any atom is -0.384 e. The second kappa shape index (κ2) is 7.58. The molecule has 2 aliphatic heterocycles.